The van der Waals surface area contributed by atoms with Crippen molar-refractivity contribution in [1.29, 1.82) is 0 Å². The SMILES string of the molecule is COc1ccc(CCN2CCN(C(=O)c3cccc(OCc4cn5ccccc5n4)c3)CC2)cc1. The van der Waals surface area contributed by atoms with Crippen molar-refractivity contribution < 1.29 is 14.3 Å². The Morgan fingerprint density at radius 2 is 1.77 bits per heavy atom. The number of hydrogen-bond donors (Lipinski definition) is 0. The van der Waals surface area contributed by atoms with Crippen molar-refractivity contribution in [3.05, 3.63) is 95.9 Å². The Hall–Kier alpha value is -3.84. The summed E-state index contributed by atoms with van der Waals surface area (Å²) in [5.74, 6) is 1.61. The lowest BCUT2D eigenvalue weighted by atomic mass is 10.1. The fraction of sp³-hybridized carbons (Fsp3) is 0.286. The number of nitrogens with zero attached hydrogens (tertiary/aromatic N) is 4. The molecule has 3 heterocycles. The smallest absolute Gasteiger partial charge is 0.254 e. The number of carbonyl (C=O) groups is 1. The average Bonchev–Trinajstić information content (AvgIpc) is 3.34. The quantitative estimate of drug-likeness (QED) is 0.391. The van der Waals surface area contributed by atoms with E-state index in [-0.39, 0.29) is 5.91 Å². The van der Waals surface area contributed by atoms with Crippen molar-refractivity contribution in [2.75, 3.05) is 39.8 Å². The molecule has 4 aromatic rings. The van der Waals surface area contributed by atoms with Gasteiger partial charge in [0.25, 0.3) is 5.91 Å². The first kappa shape index (κ1) is 22.9. The first-order valence-corrected chi connectivity index (χ1v) is 12.0. The minimum absolute atomic E-state index is 0.0537. The number of hydrogen-bond acceptors (Lipinski definition) is 5. The summed E-state index contributed by atoms with van der Waals surface area (Å²) in [5.41, 5.74) is 3.69. The summed E-state index contributed by atoms with van der Waals surface area (Å²) in [4.78, 5) is 22.0. The summed E-state index contributed by atoms with van der Waals surface area (Å²) in [6.07, 6.45) is 4.91. The molecule has 180 valence electrons. The van der Waals surface area contributed by atoms with Crippen molar-refractivity contribution in [3.63, 3.8) is 0 Å². The molecule has 7 heteroatoms. The van der Waals surface area contributed by atoms with E-state index in [1.807, 2.05) is 76.3 Å². The number of aromatic nitrogens is 2. The van der Waals surface area contributed by atoms with E-state index in [9.17, 15) is 4.79 Å². The van der Waals surface area contributed by atoms with Gasteiger partial charge in [-0.2, -0.15) is 0 Å². The lowest BCUT2D eigenvalue weighted by Crippen LogP contribution is -2.49. The molecule has 0 saturated carbocycles. The largest absolute Gasteiger partial charge is 0.497 e. The van der Waals surface area contributed by atoms with Gasteiger partial charge in [-0.05, 0) is 54.4 Å². The van der Waals surface area contributed by atoms with Gasteiger partial charge in [0.15, 0.2) is 0 Å². The number of benzene rings is 2. The van der Waals surface area contributed by atoms with Crippen molar-refractivity contribution in [1.82, 2.24) is 19.2 Å². The molecule has 35 heavy (non-hydrogen) atoms. The molecule has 5 rings (SSSR count). The highest BCUT2D eigenvalue weighted by atomic mass is 16.5. The zero-order valence-electron chi connectivity index (χ0n) is 20.0. The van der Waals surface area contributed by atoms with Crippen molar-refractivity contribution in [2.45, 2.75) is 13.0 Å². The maximum Gasteiger partial charge on any atom is 0.254 e. The molecule has 1 amide bonds. The van der Waals surface area contributed by atoms with Crippen LogP contribution >= 0.6 is 0 Å². The normalized spacial score (nSPS) is 14.3. The Morgan fingerprint density at radius 3 is 2.54 bits per heavy atom. The molecular weight excluding hydrogens is 440 g/mol. The summed E-state index contributed by atoms with van der Waals surface area (Å²) in [5, 5.41) is 0. The van der Waals surface area contributed by atoms with Crippen LogP contribution in [0.2, 0.25) is 0 Å². The lowest BCUT2D eigenvalue weighted by molar-refractivity contribution is 0.0638. The van der Waals surface area contributed by atoms with E-state index in [2.05, 4.69) is 22.0 Å². The van der Waals surface area contributed by atoms with Crippen LogP contribution < -0.4 is 9.47 Å². The summed E-state index contributed by atoms with van der Waals surface area (Å²) in [7, 11) is 1.68. The third kappa shape index (κ3) is 5.63. The third-order valence-corrected chi connectivity index (χ3v) is 6.42. The molecule has 1 aliphatic heterocycles. The summed E-state index contributed by atoms with van der Waals surface area (Å²) >= 11 is 0. The third-order valence-electron chi connectivity index (χ3n) is 6.42. The number of pyridine rings is 1. The minimum Gasteiger partial charge on any atom is -0.497 e. The van der Waals surface area contributed by atoms with Gasteiger partial charge in [0, 0.05) is 50.7 Å². The molecule has 0 aliphatic carbocycles. The Balaban J connectivity index is 1.11. The van der Waals surface area contributed by atoms with Crippen LogP contribution in [0.3, 0.4) is 0 Å². The monoisotopic (exact) mass is 470 g/mol. The molecule has 2 aromatic carbocycles. The van der Waals surface area contributed by atoms with Crippen LogP contribution in [0.5, 0.6) is 11.5 Å². The van der Waals surface area contributed by atoms with Crippen LogP contribution in [0.4, 0.5) is 0 Å². The van der Waals surface area contributed by atoms with Gasteiger partial charge in [-0.1, -0.05) is 24.3 Å². The molecular formula is C28H30N4O3. The van der Waals surface area contributed by atoms with Crippen LogP contribution in [0, 0.1) is 0 Å². The highest BCUT2D eigenvalue weighted by molar-refractivity contribution is 5.94. The Labute approximate surface area is 205 Å². The fourth-order valence-corrected chi connectivity index (χ4v) is 4.37. The Kier molecular flexibility index (Phi) is 6.95. The van der Waals surface area contributed by atoms with E-state index in [0.29, 0.717) is 17.9 Å². The van der Waals surface area contributed by atoms with E-state index in [1.54, 1.807) is 7.11 Å². The van der Waals surface area contributed by atoms with Crippen molar-refractivity contribution in [3.8, 4) is 11.5 Å². The molecule has 0 spiro atoms. The molecule has 0 unspecified atom stereocenters. The van der Waals surface area contributed by atoms with E-state index >= 15 is 0 Å². The maximum absolute atomic E-state index is 13.1. The summed E-state index contributed by atoms with van der Waals surface area (Å²) in [6, 6.07) is 21.6. The van der Waals surface area contributed by atoms with E-state index in [4.69, 9.17) is 9.47 Å². The number of amides is 1. The predicted molar refractivity (Wildman–Crippen MR) is 135 cm³/mol. The molecule has 2 aromatic heterocycles. The maximum atomic E-state index is 13.1. The second-order valence-corrected chi connectivity index (χ2v) is 8.75. The zero-order chi connectivity index (χ0) is 24.0. The Bertz CT molecular complexity index is 1240. The van der Waals surface area contributed by atoms with Crippen molar-refractivity contribution >= 4 is 11.6 Å². The lowest BCUT2D eigenvalue weighted by Gasteiger charge is -2.34. The van der Waals surface area contributed by atoms with E-state index < -0.39 is 0 Å². The molecule has 7 nitrogen and oxygen atoms in total. The molecule has 0 radical (unpaired) electrons. The van der Waals surface area contributed by atoms with E-state index in [1.165, 1.54) is 5.56 Å². The van der Waals surface area contributed by atoms with Gasteiger partial charge in [0.2, 0.25) is 0 Å². The summed E-state index contributed by atoms with van der Waals surface area (Å²) < 4.78 is 13.1. The van der Waals surface area contributed by atoms with Crippen LogP contribution in [0.25, 0.3) is 5.65 Å². The fourth-order valence-electron chi connectivity index (χ4n) is 4.37. The van der Waals surface area contributed by atoms with Gasteiger partial charge < -0.3 is 18.8 Å². The van der Waals surface area contributed by atoms with Gasteiger partial charge >= 0.3 is 0 Å². The van der Waals surface area contributed by atoms with Crippen molar-refractivity contribution in [2.24, 2.45) is 0 Å². The molecule has 0 N–H and O–H groups in total. The number of imidazole rings is 1. The molecule has 1 aliphatic rings. The molecule has 0 atom stereocenters. The van der Waals surface area contributed by atoms with Crippen LogP contribution in [-0.4, -0.2) is 64.9 Å². The van der Waals surface area contributed by atoms with Crippen LogP contribution in [0.1, 0.15) is 21.6 Å². The minimum atomic E-state index is 0.0537. The first-order valence-electron chi connectivity index (χ1n) is 12.0. The number of ether oxygens (including phenoxy) is 2. The predicted octanol–water partition coefficient (Wildman–Crippen LogP) is 3.92. The number of fused-ring (bicyclic) bond motifs is 1. The molecule has 1 saturated heterocycles. The van der Waals surface area contributed by atoms with Gasteiger partial charge in [-0.15, -0.1) is 0 Å². The van der Waals surface area contributed by atoms with Gasteiger partial charge in [0.1, 0.15) is 23.8 Å². The van der Waals surface area contributed by atoms with Crippen LogP contribution in [-0.2, 0) is 13.0 Å². The second-order valence-electron chi connectivity index (χ2n) is 8.75. The molecule has 0 bridgehead atoms. The number of methoxy groups -OCH3 is 1. The first-order chi connectivity index (χ1) is 17.2. The Morgan fingerprint density at radius 1 is 0.943 bits per heavy atom. The second kappa shape index (κ2) is 10.6. The summed E-state index contributed by atoms with van der Waals surface area (Å²) in [6.45, 7) is 4.56. The topological polar surface area (TPSA) is 59.3 Å². The number of carbonyl (C=O) groups excluding carboxylic acids is 1. The highest BCUT2D eigenvalue weighted by Gasteiger charge is 2.22. The number of piperazine rings is 1. The van der Waals surface area contributed by atoms with Gasteiger partial charge in [-0.25, -0.2) is 4.98 Å². The van der Waals surface area contributed by atoms with Crippen LogP contribution in [0.15, 0.2) is 79.1 Å². The standard InChI is InChI=1S/C28H30N4O3/c1-34-25-10-8-22(9-11-25)12-14-30-15-17-31(18-16-30)28(33)23-5-4-6-26(19-23)35-21-24-20-32-13-3-2-7-27(32)29-24/h2-11,13,19-20H,12,14-18,21H2,1H3. The number of rotatable bonds is 8. The molecule has 1 fully saturated rings. The highest BCUT2D eigenvalue weighted by Crippen LogP contribution is 2.18. The van der Waals surface area contributed by atoms with E-state index in [0.717, 1.165) is 56.2 Å². The van der Waals surface area contributed by atoms with Gasteiger partial charge in [0.05, 0.1) is 12.8 Å². The van der Waals surface area contributed by atoms with Gasteiger partial charge in [-0.3, -0.25) is 9.69 Å². The zero-order valence-corrected chi connectivity index (χ0v) is 20.0. The average molecular weight is 471 g/mol.